The predicted octanol–water partition coefficient (Wildman–Crippen LogP) is 2.01. The number of hydrogen-bond donors (Lipinski definition) is 1. The molecule has 154 valence electrons. The van der Waals surface area contributed by atoms with Crippen molar-refractivity contribution in [3.8, 4) is 0 Å². The Bertz CT molecular complexity index is 1080. The Morgan fingerprint density at radius 2 is 1.97 bits per heavy atom. The highest BCUT2D eigenvalue weighted by Gasteiger charge is 2.50. The first-order valence-electron chi connectivity index (χ1n) is 9.39. The number of nitrogens with zero attached hydrogens (tertiary/aromatic N) is 4. The molecule has 4 rings (SSSR count). The van der Waals surface area contributed by atoms with E-state index in [9.17, 15) is 14.4 Å². The van der Waals surface area contributed by atoms with Gasteiger partial charge in [-0.25, -0.2) is 4.79 Å². The van der Waals surface area contributed by atoms with Crippen molar-refractivity contribution >= 4 is 23.5 Å². The van der Waals surface area contributed by atoms with Gasteiger partial charge in [0.15, 0.2) is 0 Å². The van der Waals surface area contributed by atoms with Crippen molar-refractivity contribution < 1.29 is 18.8 Å². The normalized spacial score (nSPS) is 18.5. The molecule has 1 atom stereocenters. The van der Waals surface area contributed by atoms with Gasteiger partial charge in [-0.3, -0.25) is 19.2 Å². The zero-order valence-corrected chi connectivity index (χ0v) is 16.6. The van der Waals surface area contributed by atoms with Gasteiger partial charge in [-0.2, -0.15) is 5.10 Å². The number of carbonyl (C=O) groups excluding carboxylic acids is 3. The van der Waals surface area contributed by atoms with Crippen LogP contribution in [-0.4, -0.2) is 39.1 Å². The van der Waals surface area contributed by atoms with E-state index in [0.717, 1.165) is 4.90 Å². The summed E-state index contributed by atoms with van der Waals surface area (Å²) in [6.45, 7) is 1.39. The van der Waals surface area contributed by atoms with Crippen molar-refractivity contribution in [1.82, 2.24) is 20.0 Å². The van der Waals surface area contributed by atoms with E-state index in [2.05, 4.69) is 10.4 Å². The number of anilines is 1. The van der Waals surface area contributed by atoms with Crippen molar-refractivity contribution in [3.63, 3.8) is 0 Å². The van der Waals surface area contributed by atoms with Crippen molar-refractivity contribution in [2.45, 2.75) is 19.0 Å². The van der Waals surface area contributed by atoms with E-state index < -0.39 is 29.9 Å². The van der Waals surface area contributed by atoms with E-state index in [1.807, 2.05) is 18.2 Å². The van der Waals surface area contributed by atoms with E-state index in [1.165, 1.54) is 17.4 Å². The molecular formula is C21H21N5O4. The van der Waals surface area contributed by atoms with Crippen LogP contribution in [0.15, 0.2) is 65.5 Å². The maximum Gasteiger partial charge on any atom is 0.325 e. The van der Waals surface area contributed by atoms with E-state index in [1.54, 1.807) is 49.1 Å². The molecule has 3 heterocycles. The number of furan rings is 1. The Morgan fingerprint density at radius 1 is 1.20 bits per heavy atom. The number of aryl methyl sites for hydroxylation is 1. The van der Waals surface area contributed by atoms with Gasteiger partial charge in [0.05, 0.1) is 19.0 Å². The minimum absolute atomic E-state index is 0.180. The van der Waals surface area contributed by atoms with Gasteiger partial charge < -0.3 is 14.6 Å². The van der Waals surface area contributed by atoms with Crippen LogP contribution in [0.4, 0.5) is 10.5 Å². The number of benzene rings is 1. The Balaban J connectivity index is 1.57. The summed E-state index contributed by atoms with van der Waals surface area (Å²) in [4.78, 5) is 41.2. The third-order valence-corrected chi connectivity index (χ3v) is 5.11. The molecular weight excluding hydrogens is 386 g/mol. The van der Waals surface area contributed by atoms with Gasteiger partial charge >= 0.3 is 6.03 Å². The molecule has 30 heavy (non-hydrogen) atoms. The van der Waals surface area contributed by atoms with Crippen LogP contribution >= 0.6 is 0 Å². The fraction of sp³-hybridized carbons (Fsp3) is 0.238. The molecule has 9 nitrogen and oxygen atoms in total. The second-order valence-corrected chi connectivity index (χ2v) is 7.24. The Morgan fingerprint density at radius 3 is 2.60 bits per heavy atom. The molecule has 1 aromatic carbocycles. The SMILES string of the molecule is Cn1cc([C@@]2(C)NC(=O)N(CC(=O)N(Cc3ccco3)c3ccccc3)C2=O)cn1. The molecule has 0 spiro atoms. The average Bonchev–Trinajstić information content (AvgIpc) is 3.45. The van der Waals surface area contributed by atoms with Gasteiger partial charge in [-0.05, 0) is 31.2 Å². The molecule has 0 unspecified atom stereocenters. The Hall–Kier alpha value is -3.88. The molecule has 2 aromatic heterocycles. The molecule has 0 bridgehead atoms. The number of nitrogens with one attached hydrogen (secondary N) is 1. The summed E-state index contributed by atoms with van der Waals surface area (Å²) >= 11 is 0. The summed E-state index contributed by atoms with van der Waals surface area (Å²) in [5.74, 6) is -0.319. The predicted molar refractivity (Wildman–Crippen MR) is 107 cm³/mol. The molecule has 1 fully saturated rings. The van der Waals surface area contributed by atoms with Crippen LogP contribution in [-0.2, 0) is 28.7 Å². The molecule has 1 saturated heterocycles. The van der Waals surface area contributed by atoms with Crippen LogP contribution in [0, 0.1) is 0 Å². The molecule has 0 aliphatic carbocycles. The molecule has 9 heteroatoms. The lowest BCUT2D eigenvalue weighted by molar-refractivity contribution is -0.134. The van der Waals surface area contributed by atoms with Crippen LogP contribution in [0.5, 0.6) is 0 Å². The molecule has 1 N–H and O–H groups in total. The highest BCUT2D eigenvalue weighted by molar-refractivity contribution is 6.10. The fourth-order valence-corrected chi connectivity index (χ4v) is 3.43. The van der Waals surface area contributed by atoms with Crippen molar-refractivity contribution in [3.05, 3.63) is 72.4 Å². The maximum absolute atomic E-state index is 13.2. The third-order valence-electron chi connectivity index (χ3n) is 5.11. The van der Waals surface area contributed by atoms with Gasteiger partial charge in [-0.1, -0.05) is 18.2 Å². The largest absolute Gasteiger partial charge is 0.467 e. The Kier molecular flexibility index (Phi) is 4.86. The highest BCUT2D eigenvalue weighted by Crippen LogP contribution is 2.28. The van der Waals surface area contributed by atoms with E-state index in [-0.39, 0.29) is 6.54 Å². The first kappa shape index (κ1) is 19.4. The van der Waals surface area contributed by atoms with Crippen LogP contribution < -0.4 is 10.2 Å². The van der Waals surface area contributed by atoms with Gasteiger partial charge in [-0.15, -0.1) is 0 Å². The standard InChI is InChI=1S/C21H21N5O4/c1-21(15-11-22-24(2)12-15)19(28)26(20(29)23-21)14-18(27)25(13-17-9-6-10-30-17)16-7-4-3-5-8-16/h3-12H,13-14H2,1-2H3,(H,23,29)/t21-/m1/s1. The van der Waals surface area contributed by atoms with Gasteiger partial charge in [0.1, 0.15) is 17.8 Å². The zero-order valence-electron chi connectivity index (χ0n) is 16.6. The van der Waals surface area contributed by atoms with Crippen molar-refractivity contribution in [2.24, 2.45) is 7.05 Å². The third kappa shape index (κ3) is 3.45. The number of para-hydroxylation sites is 1. The highest BCUT2D eigenvalue weighted by atomic mass is 16.3. The first-order valence-corrected chi connectivity index (χ1v) is 9.39. The molecule has 1 aliphatic heterocycles. The zero-order chi connectivity index (χ0) is 21.3. The second kappa shape index (κ2) is 7.51. The summed E-state index contributed by atoms with van der Waals surface area (Å²) in [6.07, 6.45) is 4.72. The minimum atomic E-state index is -1.27. The lowest BCUT2D eigenvalue weighted by Crippen LogP contribution is -2.44. The lowest BCUT2D eigenvalue weighted by Gasteiger charge is -2.24. The molecule has 0 radical (unpaired) electrons. The smallest absolute Gasteiger partial charge is 0.325 e. The van der Waals surface area contributed by atoms with Crippen LogP contribution in [0.2, 0.25) is 0 Å². The van der Waals surface area contributed by atoms with Crippen LogP contribution in [0.3, 0.4) is 0 Å². The minimum Gasteiger partial charge on any atom is -0.467 e. The van der Waals surface area contributed by atoms with Gasteiger partial charge in [0.25, 0.3) is 5.91 Å². The molecule has 4 amide bonds. The molecule has 3 aromatic rings. The number of aromatic nitrogens is 2. The van der Waals surface area contributed by atoms with E-state index >= 15 is 0 Å². The fourth-order valence-electron chi connectivity index (χ4n) is 3.43. The van der Waals surface area contributed by atoms with Crippen molar-refractivity contribution in [2.75, 3.05) is 11.4 Å². The van der Waals surface area contributed by atoms with Crippen LogP contribution in [0.25, 0.3) is 0 Å². The summed E-state index contributed by atoms with van der Waals surface area (Å²) < 4.78 is 6.93. The second-order valence-electron chi connectivity index (χ2n) is 7.24. The maximum atomic E-state index is 13.2. The summed E-state index contributed by atoms with van der Waals surface area (Å²) in [7, 11) is 1.72. The van der Waals surface area contributed by atoms with Crippen molar-refractivity contribution in [1.29, 1.82) is 0 Å². The van der Waals surface area contributed by atoms with Crippen LogP contribution in [0.1, 0.15) is 18.2 Å². The summed E-state index contributed by atoms with van der Waals surface area (Å²) in [5, 5.41) is 6.75. The summed E-state index contributed by atoms with van der Waals surface area (Å²) in [6, 6.07) is 11.9. The quantitative estimate of drug-likeness (QED) is 0.630. The van der Waals surface area contributed by atoms with E-state index in [0.29, 0.717) is 17.0 Å². The molecule has 1 aliphatic rings. The number of imide groups is 1. The number of urea groups is 1. The first-order chi connectivity index (χ1) is 14.4. The topological polar surface area (TPSA) is 101 Å². The average molecular weight is 407 g/mol. The number of hydrogen-bond acceptors (Lipinski definition) is 5. The summed E-state index contributed by atoms with van der Waals surface area (Å²) in [5.41, 5.74) is -0.0840. The molecule has 0 saturated carbocycles. The van der Waals surface area contributed by atoms with Gasteiger partial charge in [0.2, 0.25) is 5.91 Å². The van der Waals surface area contributed by atoms with Gasteiger partial charge in [0, 0.05) is 24.5 Å². The number of amides is 4. The lowest BCUT2D eigenvalue weighted by atomic mass is 9.95. The van der Waals surface area contributed by atoms with E-state index in [4.69, 9.17) is 4.42 Å². The number of carbonyl (C=O) groups is 3. The Labute approximate surface area is 172 Å². The number of rotatable bonds is 6. The monoisotopic (exact) mass is 407 g/mol.